The van der Waals surface area contributed by atoms with Gasteiger partial charge in [-0.1, -0.05) is 6.07 Å². The molecule has 0 bridgehead atoms. The number of hydrogen-bond donors (Lipinski definition) is 2. The van der Waals surface area contributed by atoms with Crippen LogP contribution in [0.1, 0.15) is 18.4 Å². The fourth-order valence-electron chi connectivity index (χ4n) is 2.07. The molecule has 1 aliphatic rings. The molecule has 0 aromatic heterocycles. The summed E-state index contributed by atoms with van der Waals surface area (Å²) in [6.45, 7) is 1.14. The van der Waals surface area contributed by atoms with Gasteiger partial charge in [-0.2, -0.15) is 0 Å². The molecule has 0 atom stereocenters. The molecule has 1 fully saturated rings. The van der Waals surface area contributed by atoms with E-state index in [1.54, 1.807) is 13.2 Å². The second-order valence-corrected chi connectivity index (χ2v) is 4.10. The third-order valence-electron chi connectivity index (χ3n) is 3.08. The molecule has 1 aliphatic heterocycles. The summed E-state index contributed by atoms with van der Waals surface area (Å²) in [7, 11) is 1.59. The van der Waals surface area contributed by atoms with Crippen LogP contribution >= 0.6 is 0 Å². The topological polar surface area (TPSA) is 64.7 Å². The predicted molar refractivity (Wildman–Crippen MR) is 61.4 cm³/mol. The summed E-state index contributed by atoms with van der Waals surface area (Å²) in [6.07, 6.45) is 1.17. The maximum absolute atomic E-state index is 10.5. The van der Waals surface area contributed by atoms with Crippen molar-refractivity contribution in [2.45, 2.75) is 18.4 Å². The van der Waals surface area contributed by atoms with E-state index >= 15 is 0 Å². The van der Waals surface area contributed by atoms with E-state index in [-0.39, 0.29) is 0 Å². The quantitative estimate of drug-likeness (QED) is 0.741. The van der Waals surface area contributed by atoms with Gasteiger partial charge in [-0.05, 0) is 6.07 Å². The van der Waals surface area contributed by atoms with Gasteiger partial charge < -0.3 is 20.3 Å². The van der Waals surface area contributed by atoms with E-state index in [0.717, 1.165) is 5.56 Å². The number of nitrogens with two attached hydrogens (primary N) is 1. The molecule has 0 unspecified atom stereocenters. The summed E-state index contributed by atoms with van der Waals surface area (Å²) in [5, 5.41) is 10.5. The summed E-state index contributed by atoms with van der Waals surface area (Å²) in [5.41, 5.74) is 6.43. The highest BCUT2D eigenvalue weighted by molar-refractivity contribution is 5.54. The molecule has 0 spiro atoms. The average Bonchev–Trinajstić information content (AvgIpc) is 2.29. The monoisotopic (exact) mass is 223 g/mol. The zero-order valence-corrected chi connectivity index (χ0v) is 9.40. The van der Waals surface area contributed by atoms with Crippen LogP contribution in [-0.2, 0) is 10.3 Å². The summed E-state index contributed by atoms with van der Waals surface area (Å²) >= 11 is 0. The van der Waals surface area contributed by atoms with Gasteiger partial charge >= 0.3 is 0 Å². The summed E-state index contributed by atoms with van der Waals surface area (Å²) in [6, 6.07) is 5.39. The summed E-state index contributed by atoms with van der Waals surface area (Å²) < 4.78 is 10.3. The largest absolute Gasteiger partial charge is 0.497 e. The Morgan fingerprint density at radius 1 is 1.38 bits per heavy atom. The number of methoxy groups -OCH3 is 1. The van der Waals surface area contributed by atoms with Crippen LogP contribution in [0, 0.1) is 0 Å². The van der Waals surface area contributed by atoms with Crippen molar-refractivity contribution in [1.29, 1.82) is 0 Å². The third-order valence-corrected chi connectivity index (χ3v) is 3.08. The van der Waals surface area contributed by atoms with E-state index in [1.807, 2.05) is 12.1 Å². The van der Waals surface area contributed by atoms with E-state index in [9.17, 15) is 5.11 Å². The Kier molecular flexibility index (Phi) is 3.03. The second-order valence-electron chi connectivity index (χ2n) is 4.10. The Balaban J connectivity index is 2.32. The van der Waals surface area contributed by atoms with E-state index in [2.05, 4.69) is 0 Å². The van der Waals surface area contributed by atoms with Gasteiger partial charge in [0.25, 0.3) is 0 Å². The number of benzene rings is 1. The molecule has 0 amide bonds. The molecule has 3 N–H and O–H groups in total. The first-order chi connectivity index (χ1) is 7.65. The van der Waals surface area contributed by atoms with E-state index in [0.29, 0.717) is 37.5 Å². The summed E-state index contributed by atoms with van der Waals surface area (Å²) in [5.74, 6) is 0.705. The van der Waals surface area contributed by atoms with E-state index < -0.39 is 5.60 Å². The standard InChI is InChI=1S/C12H17NO3/c1-15-9-2-3-10(11(13)8-9)12(14)4-6-16-7-5-12/h2-3,8,14H,4-7,13H2,1H3. The molecule has 16 heavy (non-hydrogen) atoms. The SMILES string of the molecule is COc1ccc(C2(O)CCOCC2)c(N)c1. The molecular weight excluding hydrogens is 206 g/mol. The smallest absolute Gasteiger partial charge is 0.120 e. The van der Waals surface area contributed by atoms with Crippen molar-refractivity contribution < 1.29 is 14.6 Å². The lowest BCUT2D eigenvalue weighted by Crippen LogP contribution is -2.34. The molecule has 2 rings (SSSR count). The van der Waals surface area contributed by atoms with Crippen LogP contribution in [0.15, 0.2) is 18.2 Å². The minimum atomic E-state index is -0.853. The van der Waals surface area contributed by atoms with Crippen molar-refractivity contribution in [3.05, 3.63) is 23.8 Å². The minimum absolute atomic E-state index is 0.571. The third kappa shape index (κ3) is 1.99. The van der Waals surface area contributed by atoms with Crippen LogP contribution in [-0.4, -0.2) is 25.4 Å². The van der Waals surface area contributed by atoms with Crippen molar-refractivity contribution in [1.82, 2.24) is 0 Å². The highest BCUT2D eigenvalue weighted by Gasteiger charge is 2.33. The van der Waals surface area contributed by atoms with Crippen molar-refractivity contribution in [2.75, 3.05) is 26.1 Å². The Morgan fingerprint density at radius 2 is 2.06 bits per heavy atom. The lowest BCUT2D eigenvalue weighted by atomic mass is 9.85. The molecule has 0 aliphatic carbocycles. The van der Waals surface area contributed by atoms with Gasteiger partial charge in [-0.15, -0.1) is 0 Å². The van der Waals surface area contributed by atoms with Crippen molar-refractivity contribution in [3.63, 3.8) is 0 Å². The first-order valence-electron chi connectivity index (χ1n) is 5.40. The van der Waals surface area contributed by atoms with Crippen molar-refractivity contribution >= 4 is 5.69 Å². The van der Waals surface area contributed by atoms with Gasteiger partial charge in [0.05, 0.1) is 12.7 Å². The number of anilines is 1. The van der Waals surface area contributed by atoms with Crippen LogP contribution in [0.2, 0.25) is 0 Å². The molecule has 1 heterocycles. The molecule has 0 saturated carbocycles. The Bertz CT molecular complexity index is 373. The van der Waals surface area contributed by atoms with Gasteiger partial charge in [0.2, 0.25) is 0 Å². The van der Waals surface area contributed by atoms with E-state index in [4.69, 9.17) is 15.2 Å². The molecule has 4 nitrogen and oxygen atoms in total. The summed E-state index contributed by atoms with van der Waals surface area (Å²) in [4.78, 5) is 0. The van der Waals surface area contributed by atoms with Gasteiger partial charge in [-0.3, -0.25) is 0 Å². The Morgan fingerprint density at radius 3 is 2.62 bits per heavy atom. The van der Waals surface area contributed by atoms with Crippen LogP contribution in [0.25, 0.3) is 0 Å². The molecule has 1 aromatic rings. The van der Waals surface area contributed by atoms with Crippen LogP contribution in [0.5, 0.6) is 5.75 Å². The molecule has 0 radical (unpaired) electrons. The maximum Gasteiger partial charge on any atom is 0.120 e. The van der Waals surface area contributed by atoms with E-state index in [1.165, 1.54) is 0 Å². The normalized spacial score (nSPS) is 19.4. The van der Waals surface area contributed by atoms with Crippen LogP contribution in [0.3, 0.4) is 0 Å². The molecule has 4 heteroatoms. The number of rotatable bonds is 2. The zero-order chi connectivity index (χ0) is 11.6. The highest BCUT2D eigenvalue weighted by Crippen LogP contribution is 2.36. The maximum atomic E-state index is 10.5. The Labute approximate surface area is 95.0 Å². The van der Waals surface area contributed by atoms with Crippen molar-refractivity contribution in [2.24, 2.45) is 0 Å². The van der Waals surface area contributed by atoms with Crippen LogP contribution < -0.4 is 10.5 Å². The average molecular weight is 223 g/mol. The van der Waals surface area contributed by atoms with Crippen molar-refractivity contribution in [3.8, 4) is 5.75 Å². The molecule has 88 valence electrons. The molecule has 1 aromatic carbocycles. The van der Waals surface area contributed by atoms with Gasteiger partial charge in [0.1, 0.15) is 5.75 Å². The highest BCUT2D eigenvalue weighted by atomic mass is 16.5. The predicted octanol–water partition coefficient (Wildman–Crippen LogP) is 1.28. The number of ether oxygens (including phenoxy) is 2. The molecular formula is C12H17NO3. The van der Waals surface area contributed by atoms with Crippen LogP contribution in [0.4, 0.5) is 5.69 Å². The number of aliphatic hydroxyl groups is 1. The number of nitrogen functional groups attached to an aromatic ring is 1. The second kappa shape index (κ2) is 4.31. The zero-order valence-electron chi connectivity index (χ0n) is 9.40. The first kappa shape index (κ1) is 11.2. The Hall–Kier alpha value is -1.26. The lowest BCUT2D eigenvalue weighted by Gasteiger charge is -2.33. The fraction of sp³-hybridized carbons (Fsp3) is 0.500. The number of hydrogen-bond acceptors (Lipinski definition) is 4. The fourth-order valence-corrected chi connectivity index (χ4v) is 2.07. The first-order valence-corrected chi connectivity index (χ1v) is 5.40. The van der Waals surface area contributed by atoms with Gasteiger partial charge in [-0.25, -0.2) is 0 Å². The van der Waals surface area contributed by atoms with Gasteiger partial charge in [0.15, 0.2) is 0 Å². The minimum Gasteiger partial charge on any atom is -0.497 e. The lowest BCUT2D eigenvalue weighted by molar-refractivity contribution is -0.0674. The molecule has 1 saturated heterocycles. The van der Waals surface area contributed by atoms with Gasteiger partial charge in [0, 0.05) is 43.4 Å².